The Morgan fingerprint density at radius 2 is 1.67 bits per heavy atom. The highest BCUT2D eigenvalue weighted by molar-refractivity contribution is 7.89. The first-order chi connectivity index (χ1) is 15.7. The number of carbonyl (C=O) groups is 1. The number of aryl methyl sites for hydroxylation is 3. The molecule has 0 bridgehead atoms. The van der Waals surface area contributed by atoms with Crippen molar-refractivity contribution in [3.63, 3.8) is 0 Å². The minimum Gasteiger partial charge on any atom is -0.369 e. The van der Waals surface area contributed by atoms with Crippen molar-refractivity contribution in [1.82, 2.24) is 14.9 Å². The molecule has 8 heteroatoms. The summed E-state index contributed by atoms with van der Waals surface area (Å²) >= 11 is 0. The highest BCUT2D eigenvalue weighted by atomic mass is 32.2. The van der Waals surface area contributed by atoms with E-state index in [9.17, 15) is 13.2 Å². The largest absolute Gasteiger partial charge is 0.369 e. The molecule has 1 saturated heterocycles. The van der Waals surface area contributed by atoms with E-state index in [1.165, 1.54) is 11.3 Å². The summed E-state index contributed by atoms with van der Waals surface area (Å²) in [6, 6.07) is 13.8. The van der Waals surface area contributed by atoms with E-state index in [-0.39, 0.29) is 23.8 Å². The first-order valence-corrected chi connectivity index (χ1v) is 13.1. The Kier molecular flexibility index (Phi) is 8.88. The maximum Gasteiger partial charge on any atom is 0.240 e. The summed E-state index contributed by atoms with van der Waals surface area (Å²) in [5.41, 5.74) is 4.28. The number of nitrogens with zero attached hydrogens (tertiary/aromatic N) is 2. The van der Waals surface area contributed by atoms with Crippen LogP contribution in [0.1, 0.15) is 29.5 Å². The second-order valence-corrected chi connectivity index (χ2v) is 10.5. The molecule has 0 radical (unpaired) electrons. The molecule has 2 N–H and O–H groups in total. The van der Waals surface area contributed by atoms with E-state index in [1.54, 1.807) is 19.1 Å². The standard InChI is InChI=1S/C25H36N4O3S/c1-20-6-4-7-23(19-20)29-16-14-28(15-17-29)13-5-11-26-25(30)10-12-27-33(31,32)24-9-8-21(2)18-22(24)3/h4,6-9,18-19,27H,5,10-17H2,1-3H3,(H,26,30). The Morgan fingerprint density at radius 3 is 2.36 bits per heavy atom. The number of rotatable bonds is 10. The Labute approximate surface area is 198 Å². The van der Waals surface area contributed by atoms with Gasteiger partial charge >= 0.3 is 0 Å². The lowest BCUT2D eigenvalue weighted by Gasteiger charge is -2.36. The van der Waals surface area contributed by atoms with E-state index < -0.39 is 10.0 Å². The number of piperazine rings is 1. The molecule has 180 valence electrons. The first-order valence-electron chi connectivity index (χ1n) is 11.6. The molecule has 0 aliphatic carbocycles. The smallest absolute Gasteiger partial charge is 0.240 e. The van der Waals surface area contributed by atoms with Gasteiger partial charge in [0.1, 0.15) is 0 Å². The minimum absolute atomic E-state index is 0.0857. The second-order valence-electron chi connectivity index (χ2n) is 8.79. The predicted molar refractivity (Wildman–Crippen MR) is 133 cm³/mol. The van der Waals surface area contributed by atoms with E-state index in [0.29, 0.717) is 12.1 Å². The summed E-state index contributed by atoms with van der Waals surface area (Å²) in [7, 11) is -3.61. The van der Waals surface area contributed by atoms with Crippen molar-refractivity contribution < 1.29 is 13.2 Å². The molecule has 7 nitrogen and oxygen atoms in total. The van der Waals surface area contributed by atoms with Gasteiger partial charge in [-0.15, -0.1) is 0 Å². The third-order valence-electron chi connectivity index (χ3n) is 5.98. The van der Waals surface area contributed by atoms with Gasteiger partial charge in [0.25, 0.3) is 0 Å². The molecule has 0 spiro atoms. The fourth-order valence-electron chi connectivity index (χ4n) is 4.15. The van der Waals surface area contributed by atoms with E-state index in [0.717, 1.165) is 44.7 Å². The Hall–Kier alpha value is -2.42. The van der Waals surface area contributed by atoms with Gasteiger partial charge in [0.15, 0.2) is 0 Å². The average Bonchev–Trinajstić information content (AvgIpc) is 2.77. The molecule has 0 saturated carbocycles. The average molecular weight is 473 g/mol. The van der Waals surface area contributed by atoms with E-state index >= 15 is 0 Å². The van der Waals surface area contributed by atoms with Gasteiger partial charge in [0.05, 0.1) is 4.90 Å². The predicted octanol–water partition coefficient (Wildman–Crippen LogP) is 2.61. The van der Waals surface area contributed by atoms with Crippen LogP contribution in [0.3, 0.4) is 0 Å². The molecule has 2 aromatic rings. The molecule has 1 aliphatic rings. The lowest BCUT2D eigenvalue weighted by molar-refractivity contribution is -0.120. The van der Waals surface area contributed by atoms with Crippen molar-refractivity contribution in [1.29, 1.82) is 0 Å². The van der Waals surface area contributed by atoms with Crippen LogP contribution in [0.2, 0.25) is 0 Å². The molecule has 0 unspecified atom stereocenters. The number of nitrogens with one attached hydrogen (secondary N) is 2. The Bertz CT molecular complexity index is 1050. The van der Waals surface area contributed by atoms with Crippen molar-refractivity contribution in [2.45, 2.75) is 38.5 Å². The van der Waals surface area contributed by atoms with Crippen LogP contribution >= 0.6 is 0 Å². The van der Waals surface area contributed by atoms with Gasteiger partial charge in [-0.05, 0) is 63.1 Å². The summed E-state index contributed by atoms with van der Waals surface area (Å²) in [4.78, 5) is 17.2. The SMILES string of the molecule is Cc1cccc(N2CCN(CCCNC(=O)CCNS(=O)(=O)c3ccc(C)cc3C)CC2)c1. The van der Waals surface area contributed by atoms with Crippen LogP contribution in [0, 0.1) is 20.8 Å². The maximum absolute atomic E-state index is 12.5. The van der Waals surface area contributed by atoms with Crippen LogP contribution in [0.25, 0.3) is 0 Å². The quantitative estimate of drug-likeness (QED) is 0.520. The maximum atomic E-state index is 12.5. The molecular weight excluding hydrogens is 436 g/mol. The Morgan fingerprint density at radius 1 is 0.939 bits per heavy atom. The molecule has 1 amide bonds. The number of hydrogen-bond donors (Lipinski definition) is 2. The van der Waals surface area contributed by atoms with Gasteiger partial charge in [0, 0.05) is 51.4 Å². The molecule has 3 rings (SSSR count). The molecule has 0 aromatic heterocycles. The van der Waals surface area contributed by atoms with Gasteiger partial charge < -0.3 is 10.2 Å². The summed E-state index contributed by atoms with van der Waals surface area (Å²) in [6.45, 7) is 11.5. The summed E-state index contributed by atoms with van der Waals surface area (Å²) in [5, 5.41) is 2.90. The topological polar surface area (TPSA) is 81.8 Å². The van der Waals surface area contributed by atoms with Gasteiger partial charge in [-0.3, -0.25) is 9.69 Å². The number of carbonyl (C=O) groups excluding carboxylic acids is 1. The number of anilines is 1. The summed E-state index contributed by atoms with van der Waals surface area (Å²) in [6.07, 6.45) is 1.00. The lowest BCUT2D eigenvalue weighted by Crippen LogP contribution is -2.47. The van der Waals surface area contributed by atoms with Gasteiger partial charge in [0.2, 0.25) is 15.9 Å². The van der Waals surface area contributed by atoms with Crippen LogP contribution in [0.4, 0.5) is 5.69 Å². The first kappa shape index (κ1) is 25.2. The molecule has 33 heavy (non-hydrogen) atoms. The number of hydrogen-bond acceptors (Lipinski definition) is 5. The van der Waals surface area contributed by atoms with Crippen molar-refractivity contribution in [3.05, 3.63) is 59.2 Å². The van der Waals surface area contributed by atoms with E-state index in [1.807, 2.05) is 13.0 Å². The summed E-state index contributed by atoms with van der Waals surface area (Å²) in [5.74, 6) is -0.136. The van der Waals surface area contributed by atoms with Crippen molar-refractivity contribution >= 4 is 21.6 Å². The van der Waals surface area contributed by atoms with Gasteiger partial charge in [-0.25, -0.2) is 13.1 Å². The third kappa shape index (κ3) is 7.55. The fourth-order valence-corrected chi connectivity index (χ4v) is 5.41. The zero-order chi connectivity index (χ0) is 23.8. The highest BCUT2D eigenvalue weighted by Crippen LogP contribution is 2.18. The molecule has 1 heterocycles. The van der Waals surface area contributed by atoms with E-state index in [2.05, 4.69) is 51.0 Å². The second kappa shape index (κ2) is 11.6. The molecule has 2 aromatic carbocycles. The lowest BCUT2D eigenvalue weighted by atomic mass is 10.2. The molecule has 1 aliphatic heterocycles. The normalized spacial score (nSPS) is 14.9. The number of sulfonamides is 1. The van der Waals surface area contributed by atoms with Crippen molar-refractivity contribution in [2.24, 2.45) is 0 Å². The zero-order valence-corrected chi connectivity index (χ0v) is 20.7. The molecule has 1 fully saturated rings. The molecular formula is C25H36N4O3S. The van der Waals surface area contributed by atoms with Crippen LogP contribution in [0.5, 0.6) is 0 Å². The van der Waals surface area contributed by atoms with Gasteiger partial charge in [-0.1, -0.05) is 29.8 Å². The Balaban J connectivity index is 1.30. The number of benzene rings is 2. The van der Waals surface area contributed by atoms with Crippen molar-refractivity contribution in [3.8, 4) is 0 Å². The fraction of sp³-hybridized carbons (Fsp3) is 0.480. The third-order valence-corrected chi connectivity index (χ3v) is 7.60. The van der Waals surface area contributed by atoms with Gasteiger partial charge in [-0.2, -0.15) is 0 Å². The van der Waals surface area contributed by atoms with E-state index in [4.69, 9.17) is 0 Å². The van der Waals surface area contributed by atoms with Crippen LogP contribution in [-0.4, -0.2) is 65.0 Å². The molecule has 0 atom stereocenters. The highest BCUT2D eigenvalue weighted by Gasteiger charge is 2.18. The number of amides is 1. The minimum atomic E-state index is -3.61. The van der Waals surface area contributed by atoms with Crippen LogP contribution in [0.15, 0.2) is 47.4 Å². The van der Waals surface area contributed by atoms with Crippen LogP contribution in [-0.2, 0) is 14.8 Å². The van der Waals surface area contributed by atoms with Crippen LogP contribution < -0.4 is 14.9 Å². The summed E-state index contributed by atoms with van der Waals surface area (Å²) < 4.78 is 27.4. The van der Waals surface area contributed by atoms with Crippen molar-refractivity contribution in [2.75, 3.05) is 50.7 Å². The zero-order valence-electron chi connectivity index (χ0n) is 19.9. The monoisotopic (exact) mass is 472 g/mol.